The summed E-state index contributed by atoms with van der Waals surface area (Å²) in [5.74, 6) is 0. The van der Waals surface area contributed by atoms with Crippen molar-refractivity contribution in [2.75, 3.05) is 5.32 Å². The normalized spacial score (nSPS) is 11.4. The summed E-state index contributed by atoms with van der Waals surface area (Å²) in [7, 11) is 0. The Kier molecular flexibility index (Phi) is 3.94. The van der Waals surface area contributed by atoms with E-state index in [1.165, 1.54) is 22.4 Å². The topological polar surface area (TPSA) is 12.0 Å². The molecule has 2 aromatic rings. The number of rotatable bonds is 3. The summed E-state index contributed by atoms with van der Waals surface area (Å²) >= 11 is 0. The summed E-state index contributed by atoms with van der Waals surface area (Å²) in [6, 6.07) is 17.3. The number of hydrogen-bond donors (Lipinski definition) is 1. The molecule has 0 amide bonds. The van der Waals surface area contributed by atoms with E-state index in [9.17, 15) is 0 Å². The molecule has 0 heterocycles. The minimum atomic E-state index is 0.224. The van der Waals surface area contributed by atoms with Gasteiger partial charge in [-0.25, -0.2) is 0 Å². The first-order valence-electron chi connectivity index (χ1n) is 6.86. The highest BCUT2D eigenvalue weighted by molar-refractivity contribution is 5.50. The summed E-state index contributed by atoms with van der Waals surface area (Å²) < 4.78 is 0. The molecule has 2 rings (SSSR count). The molecule has 0 aliphatic rings. The molecule has 0 saturated heterocycles. The zero-order valence-electron chi connectivity index (χ0n) is 12.3. The second-order valence-corrected chi connectivity index (χ2v) is 6.12. The monoisotopic (exact) mass is 253 g/mol. The molecule has 1 N–H and O–H groups in total. The Hall–Kier alpha value is -1.76. The molecule has 0 aliphatic heterocycles. The third-order valence-electron chi connectivity index (χ3n) is 3.45. The number of nitrogens with one attached hydrogen (secondary N) is 1. The highest BCUT2D eigenvalue weighted by Gasteiger charge is 2.12. The van der Waals surface area contributed by atoms with Crippen LogP contribution in [0.15, 0.2) is 48.5 Å². The highest BCUT2D eigenvalue weighted by Crippen LogP contribution is 2.22. The molecule has 0 bridgehead atoms. The quantitative estimate of drug-likeness (QED) is 0.820. The predicted octanol–water partition coefficient (Wildman–Crippen LogP) is 4.90. The van der Waals surface area contributed by atoms with Crippen molar-refractivity contribution in [3.63, 3.8) is 0 Å². The summed E-state index contributed by atoms with van der Waals surface area (Å²) in [6.45, 7) is 9.73. The van der Waals surface area contributed by atoms with E-state index in [2.05, 4.69) is 81.5 Å². The van der Waals surface area contributed by atoms with E-state index in [1.54, 1.807) is 0 Å². The van der Waals surface area contributed by atoms with E-state index in [-0.39, 0.29) is 5.41 Å². The fourth-order valence-corrected chi connectivity index (χ4v) is 2.09. The molecule has 1 nitrogen and oxygen atoms in total. The molecule has 2 aromatic carbocycles. The van der Waals surface area contributed by atoms with Crippen LogP contribution in [-0.4, -0.2) is 0 Å². The van der Waals surface area contributed by atoms with Crippen molar-refractivity contribution in [1.82, 2.24) is 0 Å². The van der Waals surface area contributed by atoms with Crippen molar-refractivity contribution < 1.29 is 0 Å². The lowest BCUT2D eigenvalue weighted by Gasteiger charge is -2.19. The Morgan fingerprint density at radius 3 is 2.11 bits per heavy atom. The van der Waals surface area contributed by atoms with Gasteiger partial charge in [-0.1, -0.05) is 63.2 Å². The van der Waals surface area contributed by atoms with Crippen LogP contribution in [0, 0.1) is 6.92 Å². The summed E-state index contributed by atoms with van der Waals surface area (Å²) in [5.41, 5.74) is 5.42. The fraction of sp³-hybridized carbons (Fsp3) is 0.333. The summed E-state index contributed by atoms with van der Waals surface area (Å²) in [4.78, 5) is 0. The molecule has 0 atom stereocenters. The number of para-hydroxylation sites is 1. The molecule has 0 radical (unpaired) electrons. The molecule has 1 heteroatoms. The van der Waals surface area contributed by atoms with Gasteiger partial charge in [-0.3, -0.25) is 0 Å². The molecule has 19 heavy (non-hydrogen) atoms. The van der Waals surface area contributed by atoms with E-state index >= 15 is 0 Å². The van der Waals surface area contributed by atoms with Crippen LogP contribution < -0.4 is 5.32 Å². The maximum absolute atomic E-state index is 3.49. The van der Waals surface area contributed by atoms with Crippen LogP contribution in [0.4, 0.5) is 5.69 Å². The van der Waals surface area contributed by atoms with Gasteiger partial charge in [0.2, 0.25) is 0 Å². The van der Waals surface area contributed by atoms with Gasteiger partial charge >= 0.3 is 0 Å². The number of hydrogen-bond acceptors (Lipinski definition) is 1. The predicted molar refractivity (Wildman–Crippen MR) is 83.6 cm³/mol. The van der Waals surface area contributed by atoms with Gasteiger partial charge < -0.3 is 5.32 Å². The third kappa shape index (κ3) is 3.60. The first-order valence-corrected chi connectivity index (χ1v) is 6.86. The second-order valence-electron chi connectivity index (χ2n) is 6.12. The Bertz CT molecular complexity index is 532. The molecule has 0 fully saturated rings. The van der Waals surface area contributed by atoms with E-state index < -0.39 is 0 Å². The van der Waals surface area contributed by atoms with E-state index in [4.69, 9.17) is 0 Å². The first-order chi connectivity index (χ1) is 8.97. The van der Waals surface area contributed by atoms with Crippen LogP contribution in [0.2, 0.25) is 0 Å². The number of benzene rings is 2. The van der Waals surface area contributed by atoms with Gasteiger partial charge in [0.05, 0.1) is 0 Å². The standard InChI is InChI=1S/C18H23N/c1-14-7-5-6-8-17(14)19-13-15-9-11-16(12-10-15)18(2,3)4/h5-12,19H,13H2,1-4H3. The van der Waals surface area contributed by atoms with Crippen molar-refractivity contribution >= 4 is 5.69 Å². The van der Waals surface area contributed by atoms with Crippen molar-refractivity contribution in [2.45, 2.75) is 39.7 Å². The molecular weight excluding hydrogens is 230 g/mol. The Labute approximate surface area is 116 Å². The van der Waals surface area contributed by atoms with E-state index in [0.29, 0.717) is 0 Å². The average Bonchev–Trinajstić information content (AvgIpc) is 2.37. The van der Waals surface area contributed by atoms with Crippen molar-refractivity contribution in [2.24, 2.45) is 0 Å². The second kappa shape index (κ2) is 5.48. The molecule has 0 aliphatic carbocycles. The van der Waals surface area contributed by atoms with Crippen molar-refractivity contribution in [3.05, 3.63) is 65.2 Å². The first kappa shape index (κ1) is 13.7. The van der Waals surface area contributed by atoms with Gasteiger partial charge in [0, 0.05) is 12.2 Å². The van der Waals surface area contributed by atoms with Gasteiger partial charge in [-0.05, 0) is 35.1 Å². The molecule has 0 aromatic heterocycles. The third-order valence-corrected chi connectivity index (χ3v) is 3.45. The maximum atomic E-state index is 3.49. The number of aryl methyl sites for hydroxylation is 1. The van der Waals surface area contributed by atoms with Gasteiger partial charge in [-0.2, -0.15) is 0 Å². The lowest BCUT2D eigenvalue weighted by Crippen LogP contribution is -2.11. The smallest absolute Gasteiger partial charge is 0.0400 e. The van der Waals surface area contributed by atoms with Crippen LogP contribution >= 0.6 is 0 Å². The van der Waals surface area contributed by atoms with Crippen LogP contribution in [0.1, 0.15) is 37.5 Å². The van der Waals surface area contributed by atoms with Crippen LogP contribution in [-0.2, 0) is 12.0 Å². The molecule has 0 unspecified atom stereocenters. The van der Waals surface area contributed by atoms with Gasteiger partial charge in [-0.15, -0.1) is 0 Å². The van der Waals surface area contributed by atoms with E-state index in [0.717, 1.165) is 6.54 Å². The maximum Gasteiger partial charge on any atom is 0.0400 e. The van der Waals surface area contributed by atoms with Gasteiger partial charge in [0.25, 0.3) is 0 Å². The van der Waals surface area contributed by atoms with Crippen LogP contribution in [0.5, 0.6) is 0 Å². The number of anilines is 1. The minimum absolute atomic E-state index is 0.224. The van der Waals surface area contributed by atoms with Crippen LogP contribution in [0.25, 0.3) is 0 Å². The molecule has 100 valence electrons. The minimum Gasteiger partial charge on any atom is -0.381 e. The average molecular weight is 253 g/mol. The Balaban J connectivity index is 2.03. The highest BCUT2D eigenvalue weighted by atomic mass is 14.9. The summed E-state index contributed by atoms with van der Waals surface area (Å²) in [5, 5.41) is 3.49. The van der Waals surface area contributed by atoms with Crippen LogP contribution in [0.3, 0.4) is 0 Å². The fourth-order valence-electron chi connectivity index (χ4n) is 2.09. The lowest BCUT2D eigenvalue weighted by atomic mass is 9.87. The van der Waals surface area contributed by atoms with Crippen molar-refractivity contribution in [1.29, 1.82) is 0 Å². The van der Waals surface area contributed by atoms with Gasteiger partial charge in [0.15, 0.2) is 0 Å². The SMILES string of the molecule is Cc1ccccc1NCc1ccc(C(C)(C)C)cc1. The molecule has 0 saturated carbocycles. The van der Waals surface area contributed by atoms with Gasteiger partial charge in [0.1, 0.15) is 0 Å². The molecular formula is C18H23N. The Morgan fingerprint density at radius 2 is 1.53 bits per heavy atom. The molecule has 0 spiro atoms. The largest absolute Gasteiger partial charge is 0.381 e. The van der Waals surface area contributed by atoms with E-state index in [1.807, 2.05) is 0 Å². The Morgan fingerprint density at radius 1 is 0.895 bits per heavy atom. The van der Waals surface area contributed by atoms with Crippen molar-refractivity contribution in [3.8, 4) is 0 Å². The lowest BCUT2D eigenvalue weighted by molar-refractivity contribution is 0.590. The zero-order chi connectivity index (χ0) is 13.9. The zero-order valence-corrected chi connectivity index (χ0v) is 12.3. The summed E-state index contributed by atoms with van der Waals surface area (Å²) in [6.07, 6.45) is 0.